The minimum atomic E-state index is -3.71. The largest absolute Gasteiger partial charge is 0.296 e. The summed E-state index contributed by atoms with van der Waals surface area (Å²) < 4.78 is 24.2. The molecule has 13 heavy (non-hydrogen) atoms. The zero-order chi connectivity index (χ0) is 10.1. The molecule has 4 nitrogen and oxygen atoms in total. The van der Waals surface area contributed by atoms with Gasteiger partial charge in [-0.1, -0.05) is 11.6 Å². The van der Waals surface area contributed by atoms with Gasteiger partial charge in [-0.15, -0.1) is 0 Å². The lowest BCUT2D eigenvalue weighted by atomic mass is 10.3. The molecule has 0 heterocycles. The Morgan fingerprint density at radius 2 is 2.08 bits per heavy atom. The van der Waals surface area contributed by atoms with Crippen molar-refractivity contribution in [2.75, 3.05) is 4.72 Å². The summed E-state index contributed by atoms with van der Waals surface area (Å²) in [6.45, 7) is 0. The SMILES string of the molecule is NS(=O)(=O)Nc1ccc(Cl)cc1I. The van der Waals surface area contributed by atoms with Crippen LogP contribution in [0.25, 0.3) is 0 Å². The highest BCUT2D eigenvalue weighted by atomic mass is 127. The molecular formula is C6H6ClIN2O2S. The summed E-state index contributed by atoms with van der Waals surface area (Å²) in [5.74, 6) is 0. The van der Waals surface area contributed by atoms with Gasteiger partial charge in [0.1, 0.15) is 0 Å². The van der Waals surface area contributed by atoms with E-state index in [-0.39, 0.29) is 0 Å². The van der Waals surface area contributed by atoms with Gasteiger partial charge in [0.2, 0.25) is 0 Å². The zero-order valence-electron chi connectivity index (χ0n) is 6.29. The minimum Gasteiger partial charge on any atom is -0.270 e. The van der Waals surface area contributed by atoms with Gasteiger partial charge >= 0.3 is 0 Å². The Morgan fingerprint density at radius 1 is 1.46 bits per heavy atom. The lowest BCUT2D eigenvalue weighted by molar-refractivity contribution is 0.603. The van der Waals surface area contributed by atoms with E-state index < -0.39 is 10.2 Å². The second-order valence-electron chi connectivity index (χ2n) is 2.27. The van der Waals surface area contributed by atoms with Gasteiger partial charge in [-0.05, 0) is 40.8 Å². The van der Waals surface area contributed by atoms with E-state index in [0.29, 0.717) is 14.3 Å². The van der Waals surface area contributed by atoms with Crippen LogP contribution in [0.2, 0.25) is 5.02 Å². The Bertz CT molecular complexity index is 421. The molecule has 0 spiro atoms. The Hall–Kier alpha value is -0.0500. The van der Waals surface area contributed by atoms with E-state index in [0.717, 1.165) is 0 Å². The molecule has 1 aromatic carbocycles. The molecule has 0 saturated carbocycles. The highest BCUT2D eigenvalue weighted by Crippen LogP contribution is 2.22. The molecule has 0 amide bonds. The number of hydrogen-bond acceptors (Lipinski definition) is 2. The predicted molar refractivity (Wildman–Crippen MR) is 60.9 cm³/mol. The molecule has 7 heteroatoms. The molecule has 1 rings (SSSR count). The van der Waals surface area contributed by atoms with Crippen molar-refractivity contribution in [3.05, 3.63) is 26.8 Å². The van der Waals surface area contributed by atoms with E-state index in [1.165, 1.54) is 0 Å². The van der Waals surface area contributed by atoms with Gasteiger partial charge in [0.25, 0.3) is 10.2 Å². The standard InChI is InChI=1S/C6H6ClIN2O2S/c7-4-1-2-6(5(8)3-4)10-13(9,11)12/h1-3,10H,(H2,9,11,12). The normalized spacial score (nSPS) is 11.3. The third kappa shape index (κ3) is 3.67. The summed E-state index contributed by atoms with van der Waals surface area (Å²) in [7, 11) is -3.71. The maximum atomic E-state index is 10.7. The molecule has 0 aliphatic heterocycles. The number of halogens is 2. The van der Waals surface area contributed by atoms with Gasteiger partial charge in [-0.25, -0.2) is 5.14 Å². The van der Waals surface area contributed by atoms with Crippen molar-refractivity contribution in [1.82, 2.24) is 0 Å². The van der Waals surface area contributed by atoms with E-state index in [4.69, 9.17) is 16.7 Å². The highest BCUT2D eigenvalue weighted by molar-refractivity contribution is 14.1. The van der Waals surface area contributed by atoms with Crippen LogP contribution in [0.15, 0.2) is 18.2 Å². The van der Waals surface area contributed by atoms with Crippen LogP contribution in [-0.2, 0) is 10.2 Å². The van der Waals surface area contributed by atoms with Gasteiger partial charge in [0.15, 0.2) is 0 Å². The van der Waals surface area contributed by atoms with Crippen LogP contribution in [0.5, 0.6) is 0 Å². The Balaban J connectivity index is 3.04. The summed E-state index contributed by atoms with van der Waals surface area (Å²) in [6.07, 6.45) is 0. The average molecular weight is 333 g/mol. The predicted octanol–water partition coefficient (Wildman–Crippen LogP) is 1.56. The van der Waals surface area contributed by atoms with E-state index in [9.17, 15) is 8.42 Å². The van der Waals surface area contributed by atoms with Gasteiger partial charge in [-0.3, -0.25) is 4.72 Å². The van der Waals surface area contributed by atoms with E-state index >= 15 is 0 Å². The van der Waals surface area contributed by atoms with Crippen LogP contribution in [0.1, 0.15) is 0 Å². The Kier molecular flexibility index (Phi) is 3.38. The fraction of sp³-hybridized carbons (Fsp3) is 0. The van der Waals surface area contributed by atoms with Crippen LogP contribution in [0.3, 0.4) is 0 Å². The maximum Gasteiger partial charge on any atom is 0.296 e. The second-order valence-corrected chi connectivity index (χ2v) is 5.16. The molecule has 0 aromatic heterocycles. The topological polar surface area (TPSA) is 72.2 Å². The molecule has 0 aliphatic rings. The van der Waals surface area contributed by atoms with Crippen molar-refractivity contribution in [1.29, 1.82) is 0 Å². The summed E-state index contributed by atoms with van der Waals surface area (Å²) in [6, 6.07) is 4.77. The third-order valence-electron chi connectivity index (χ3n) is 1.18. The first-order valence-corrected chi connectivity index (χ1v) is 6.14. The summed E-state index contributed by atoms with van der Waals surface area (Å²) in [4.78, 5) is 0. The summed E-state index contributed by atoms with van der Waals surface area (Å²) >= 11 is 7.63. The van der Waals surface area contributed by atoms with Gasteiger partial charge in [0, 0.05) is 8.59 Å². The molecule has 0 aliphatic carbocycles. The number of rotatable bonds is 2. The van der Waals surface area contributed by atoms with E-state index in [1.807, 2.05) is 22.6 Å². The first-order valence-electron chi connectivity index (χ1n) is 3.14. The van der Waals surface area contributed by atoms with E-state index in [2.05, 4.69) is 4.72 Å². The Morgan fingerprint density at radius 3 is 2.54 bits per heavy atom. The van der Waals surface area contributed by atoms with Crippen LogP contribution in [0, 0.1) is 3.57 Å². The number of nitrogens with two attached hydrogens (primary N) is 1. The van der Waals surface area contributed by atoms with Crippen molar-refractivity contribution in [2.45, 2.75) is 0 Å². The first kappa shape index (κ1) is 11.0. The van der Waals surface area contributed by atoms with Crippen molar-refractivity contribution in [3.63, 3.8) is 0 Å². The minimum absolute atomic E-state index is 0.424. The molecule has 0 bridgehead atoms. The van der Waals surface area contributed by atoms with Crippen LogP contribution < -0.4 is 9.86 Å². The number of hydrogen-bond donors (Lipinski definition) is 2. The number of nitrogens with one attached hydrogen (secondary N) is 1. The van der Waals surface area contributed by atoms with Crippen molar-refractivity contribution in [2.24, 2.45) is 5.14 Å². The van der Waals surface area contributed by atoms with Crippen LogP contribution >= 0.6 is 34.2 Å². The molecule has 72 valence electrons. The fourth-order valence-electron chi connectivity index (χ4n) is 0.726. The highest BCUT2D eigenvalue weighted by Gasteiger charge is 2.05. The van der Waals surface area contributed by atoms with E-state index in [1.54, 1.807) is 18.2 Å². The maximum absolute atomic E-state index is 10.7. The van der Waals surface area contributed by atoms with Crippen molar-refractivity contribution >= 4 is 50.1 Å². The van der Waals surface area contributed by atoms with Gasteiger partial charge in [0.05, 0.1) is 5.69 Å². The quantitative estimate of drug-likeness (QED) is 0.807. The first-order chi connectivity index (χ1) is 5.88. The number of anilines is 1. The number of benzene rings is 1. The molecule has 0 saturated heterocycles. The van der Waals surface area contributed by atoms with Gasteiger partial charge in [-0.2, -0.15) is 8.42 Å². The second kappa shape index (κ2) is 3.99. The molecule has 0 unspecified atom stereocenters. The smallest absolute Gasteiger partial charge is 0.270 e. The molecule has 0 atom stereocenters. The molecular weight excluding hydrogens is 327 g/mol. The molecule has 0 radical (unpaired) electrons. The van der Waals surface area contributed by atoms with Crippen molar-refractivity contribution in [3.8, 4) is 0 Å². The monoisotopic (exact) mass is 332 g/mol. The summed E-state index contributed by atoms with van der Waals surface area (Å²) in [5, 5.41) is 5.34. The Labute approximate surface area is 94.8 Å². The fourth-order valence-corrected chi connectivity index (χ4v) is 2.40. The lowest BCUT2D eigenvalue weighted by Crippen LogP contribution is -2.22. The average Bonchev–Trinajstić information content (AvgIpc) is 1.93. The molecule has 0 fully saturated rings. The summed E-state index contributed by atoms with van der Waals surface area (Å²) in [5.41, 5.74) is 0.424. The lowest BCUT2D eigenvalue weighted by Gasteiger charge is -2.05. The van der Waals surface area contributed by atoms with Gasteiger partial charge < -0.3 is 0 Å². The molecule has 1 aromatic rings. The third-order valence-corrected chi connectivity index (χ3v) is 2.82. The molecule has 3 N–H and O–H groups in total. The van der Waals surface area contributed by atoms with Crippen LogP contribution in [-0.4, -0.2) is 8.42 Å². The van der Waals surface area contributed by atoms with Crippen LogP contribution in [0.4, 0.5) is 5.69 Å². The zero-order valence-corrected chi connectivity index (χ0v) is 10.0. The van der Waals surface area contributed by atoms with Crippen molar-refractivity contribution < 1.29 is 8.42 Å².